The average molecular weight is 264 g/mol. The Hall–Kier alpha value is -1.94. The first kappa shape index (κ1) is 13.5. The molecule has 0 bridgehead atoms. The second-order valence-corrected chi connectivity index (χ2v) is 4.36. The van der Waals surface area contributed by atoms with Crippen LogP contribution in [0.5, 0.6) is 5.75 Å². The molecule has 2 nitrogen and oxygen atoms in total. The molecule has 0 aliphatic carbocycles. The zero-order valence-electron chi connectivity index (χ0n) is 10.7. The number of methoxy groups -OCH3 is 1. The first-order valence-electron chi connectivity index (χ1n) is 5.80. The summed E-state index contributed by atoms with van der Waals surface area (Å²) in [7, 11) is 1.37. The van der Waals surface area contributed by atoms with Gasteiger partial charge in [-0.3, -0.25) is 0 Å². The Balaban J connectivity index is 2.38. The van der Waals surface area contributed by atoms with Crippen LogP contribution in [0.4, 0.5) is 8.78 Å². The molecular weight excluding hydrogens is 250 g/mol. The highest BCUT2D eigenvalue weighted by atomic mass is 19.1. The van der Waals surface area contributed by atoms with Crippen molar-refractivity contribution < 1.29 is 18.6 Å². The maximum atomic E-state index is 13.6. The van der Waals surface area contributed by atoms with Crippen molar-refractivity contribution in [1.29, 1.82) is 0 Å². The van der Waals surface area contributed by atoms with E-state index in [9.17, 15) is 13.9 Å². The van der Waals surface area contributed by atoms with Crippen LogP contribution in [0, 0.1) is 18.6 Å². The monoisotopic (exact) mass is 264 g/mol. The predicted octanol–water partition coefficient (Wildman–Crippen LogP) is 3.36. The molecule has 2 aromatic carbocycles. The third-order valence-electron chi connectivity index (χ3n) is 2.87. The zero-order valence-corrected chi connectivity index (χ0v) is 10.7. The molecule has 0 radical (unpaired) electrons. The number of hydrogen-bond donors (Lipinski definition) is 1. The molecule has 0 spiro atoms. The highest BCUT2D eigenvalue weighted by molar-refractivity contribution is 5.36. The lowest BCUT2D eigenvalue weighted by atomic mass is 9.99. The Morgan fingerprint density at radius 2 is 1.79 bits per heavy atom. The van der Waals surface area contributed by atoms with E-state index in [1.807, 2.05) is 0 Å². The summed E-state index contributed by atoms with van der Waals surface area (Å²) < 4.78 is 31.7. The number of aliphatic hydroxyl groups excluding tert-OH is 1. The van der Waals surface area contributed by atoms with Crippen molar-refractivity contribution in [1.82, 2.24) is 0 Å². The van der Waals surface area contributed by atoms with E-state index < -0.39 is 17.7 Å². The second kappa shape index (κ2) is 5.36. The fraction of sp³-hybridized carbons (Fsp3) is 0.200. The molecular formula is C15H14F2O2. The topological polar surface area (TPSA) is 29.5 Å². The van der Waals surface area contributed by atoms with Crippen LogP contribution in [-0.4, -0.2) is 12.2 Å². The fourth-order valence-corrected chi connectivity index (χ4v) is 1.97. The first-order chi connectivity index (χ1) is 9.01. The summed E-state index contributed by atoms with van der Waals surface area (Å²) >= 11 is 0. The standard InChI is InChI=1S/C15H14F2O2/c1-9-5-11(7-12(16)6-9)15(18)10-3-4-14(19-2)13(17)8-10/h3-8,15,18H,1-2H3. The maximum Gasteiger partial charge on any atom is 0.165 e. The number of aliphatic hydroxyl groups is 1. The van der Waals surface area contributed by atoms with Crippen LogP contribution in [0.25, 0.3) is 0 Å². The normalized spacial score (nSPS) is 12.3. The molecule has 0 heterocycles. The summed E-state index contributed by atoms with van der Waals surface area (Å²) in [6.45, 7) is 1.73. The van der Waals surface area contributed by atoms with E-state index in [4.69, 9.17) is 4.74 Å². The summed E-state index contributed by atoms with van der Waals surface area (Å²) in [6.07, 6.45) is -1.07. The van der Waals surface area contributed by atoms with Gasteiger partial charge in [-0.15, -0.1) is 0 Å². The molecule has 0 aromatic heterocycles. The van der Waals surface area contributed by atoms with Crippen LogP contribution in [0.1, 0.15) is 22.8 Å². The van der Waals surface area contributed by atoms with E-state index in [1.165, 1.54) is 31.4 Å². The molecule has 0 fully saturated rings. The largest absolute Gasteiger partial charge is 0.494 e. The Labute approximate surface area is 110 Å². The number of halogens is 2. The number of benzene rings is 2. The molecule has 4 heteroatoms. The van der Waals surface area contributed by atoms with Gasteiger partial charge < -0.3 is 9.84 Å². The number of hydrogen-bond acceptors (Lipinski definition) is 2. The third kappa shape index (κ3) is 2.90. The van der Waals surface area contributed by atoms with Crippen LogP contribution in [-0.2, 0) is 0 Å². The Morgan fingerprint density at radius 3 is 2.37 bits per heavy atom. The lowest BCUT2D eigenvalue weighted by molar-refractivity contribution is 0.219. The van der Waals surface area contributed by atoms with Crippen LogP contribution in [0.2, 0.25) is 0 Å². The summed E-state index contributed by atoms with van der Waals surface area (Å²) in [5.41, 5.74) is 1.44. The van der Waals surface area contributed by atoms with Gasteiger partial charge in [0.2, 0.25) is 0 Å². The van der Waals surface area contributed by atoms with Crippen molar-refractivity contribution in [2.45, 2.75) is 13.0 Å². The molecule has 2 rings (SSSR count). The van der Waals surface area contributed by atoms with Gasteiger partial charge in [0, 0.05) is 0 Å². The minimum Gasteiger partial charge on any atom is -0.494 e. The average Bonchev–Trinajstić information content (AvgIpc) is 2.36. The molecule has 1 unspecified atom stereocenters. The molecule has 0 aliphatic heterocycles. The van der Waals surface area contributed by atoms with E-state index in [-0.39, 0.29) is 5.75 Å². The summed E-state index contributed by atoms with van der Waals surface area (Å²) in [6, 6.07) is 8.43. The van der Waals surface area contributed by atoms with Gasteiger partial charge in [-0.25, -0.2) is 8.78 Å². The Bertz CT molecular complexity index is 576. The van der Waals surface area contributed by atoms with E-state index >= 15 is 0 Å². The summed E-state index contributed by atoms with van der Waals surface area (Å²) in [5, 5.41) is 10.2. The Morgan fingerprint density at radius 1 is 1.05 bits per heavy atom. The highest BCUT2D eigenvalue weighted by Crippen LogP contribution is 2.27. The van der Waals surface area contributed by atoms with Gasteiger partial charge in [-0.05, 0) is 47.9 Å². The number of aryl methyl sites for hydroxylation is 1. The molecule has 0 saturated carbocycles. The lowest BCUT2D eigenvalue weighted by Crippen LogP contribution is -2.02. The zero-order chi connectivity index (χ0) is 14.0. The van der Waals surface area contributed by atoms with E-state index in [0.717, 1.165) is 0 Å². The second-order valence-electron chi connectivity index (χ2n) is 4.36. The van der Waals surface area contributed by atoms with Gasteiger partial charge in [0.25, 0.3) is 0 Å². The van der Waals surface area contributed by atoms with Crippen LogP contribution < -0.4 is 4.74 Å². The van der Waals surface area contributed by atoms with Crippen LogP contribution >= 0.6 is 0 Å². The predicted molar refractivity (Wildman–Crippen MR) is 68.2 cm³/mol. The molecule has 19 heavy (non-hydrogen) atoms. The van der Waals surface area contributed by atoms with E-state index in [2.05, 4.69) is 0 Å². The fourth-order valence-electron chi connectivity index (χ4n) is 1.97. The van der Waals surface area contributed by atoms with Gasteiger partial charge in [0.1, 0.15) is 11.9 Å². The van der Waals surface area contributed by atoms with Crippen molar-refractivity contribution in [3.63, 3.8) is 0 Å². The highest BCUT2D eigenvalue weighted by Gasteiger charge is 2.14. The SMILES string of the molecule is COc1ccc(C(O)c2cc(C)cc(F)c2)cc1F. The van der Waals surface area contributed by atoms with Gasteiger partial charge in [-0.2, -0.15) is 0 Å². The number of ether oxygens (including phenoxy) is 1. The van der Waals surface area contributed by atoms with Crippen molar-refractivity contribution in [3.05, 3.63) is 64.7 Å². The lowest BCUT2D eigenvalue weighted by Gasteiger charge is -2.13. The third-order valence-corrected chi connectivity index (χ3v) is 2.87. The molecule has 0 aliphatic rings. The van der Waals surface area contributed by atoms with Crippen LogP contribution in [0.15, 0.2) is 36.4 Å². The number of rotatable bonds is 3. The Kier molecular flexibility index (Phi) is 3.81. The molecule has 0 amide bonds. The van der Waals surface area contributed by atoms with Crippen molar-refractivity contribution in [2.75, 3.05) is 7.11 Å². The summed E-state index contributed by atoms with van der Waals surface area (Å²) in [4.78, 5) is 0. The minimum atomic E-state index is -1.07. The van der Waals surface area contributed by atoms with Gasteiger partial charge in [-0.1, -0.05) is 12.1 Å². The molecule has 1 N–H and O–H groups in total. The quantitative estimate of drug-likeness (QED) is 0.921. The van der Waals surface area contributed by atoms with Gasteiger partial charge in [0.05, 0.1) is 7.11 Å². The van der Waals surface area contributed by atoms with Gasteiger partial charge >= 0.3 is 0 Å². The van der Waals surface area contributed by atoms with Gasteiger partial charge in [0.15, 0.2) is 11.6 Å². The summed E-state index contributed by atoms with van der Waals surface area (Å²) in [5.74, 6) is -0.887. The smallest absolute Gasteiger partial charge is 0.165 e. The van der Waals surface area contributed by atoms with Crippen LogP contribution in [0.3, 0.4) is 0 Å². The maximum absolute atomic E-state index is 13.6. The van der Waals surface area contributed by atoms with E-state index in [1.54, 1.807) is 19.1 Å². The van der Waals surface area contributed by atoms with Crippen molar-refractivity contribution in [3.8, 4) is 5.75 Å². The first-order valence-corrected chi connectivity index (χ1v) is 5.80. The molecule has 100 valence electrons. The van der Waals surface area contributed by atoms with Crippen molar-refractivity contribution >= 4 is 0 Å². The minimum absolute atomic E-state index is 0.103. The molecule has 1 atom stereocenters. The van der Waals surface area contributed by atoms with Crippen molar-refractivity contribution in [2.24, 2.45) is 0 Å². The van der Waals surface area contributed by atoms with E-state index in [0.29, 0.717) is 16.7 Å². The molecule has 2 aromatic rings. The molecule has 0 saturated heterocycles.